The molecule has 2 N–H and O–H groups in total. The Labute approximate surface area is 128 Å². The van der Waals surface area contributed by atoms with Gasteiger partial charge in [0, 0.05) is 24.5 Å². The standard InChI is InChI=1S/C14H21ClN2O2S/c1-10-8-12(20-13(10)15)9-16-4-7-17-5-2-11(3-6-17)14(18)19/h8,11,16H,2-7,9H2,1H3,(H,18,19). The predicted molar refractivity (Wildman–Crippen MR) is 82.6 cm³/mol. The molecule has 0 atom stereocenters. The molecule has 1 saturated heterocycles. The number of nitrogens with one attached hydrogen (secondary N) is 1. The van der Waals surface area contributed by atoms with Crippen LogP contribution in [0.15, 0.2) is 6.07 Å². The third-order valence-corrected chi connectivity index (χ3v) is 5.30. The van der Waals surface area contributed by atoms with Gasteiger partial charge < -0.3 is 15.3 Å². The number of hydrogen-bond acceptors (Lipinski definition) is 4. The van der Waals surface area contributed by atoms with E-state index in [1.165, 1.54) is 4.88 Å². The van der Waals surface area contributed by atoms with E-state index in [2.05, 4.69) is 16.3 Å². The third kappa shape index (κ3) is 4.45. The minimum atomic E-state index is -0.646. The van der Waals surface area contributed by atoms with Gasteiger partial charge in [-0.3, -0.25) is 4.79 Å². The topological polar surface area (TPSA) is 52.6 Å². The van der Waals surface area contributed by atoms with E-state index in [4.69, 9.17) is 16.7 Å². The van der Waals surface area contributed by atoms with Gasteiger partial charge in [0.1, 0.15) is 0 Å². The Morgan fingerprint density at radius 3 is 2.80 bits per heavy atom. The fraction of sp³-hybridized carbons (Fsp3) is 0.643. The molecule has 2 heterocycles. The first-order valence-electron chi connectivity index (χ1n) is 6.97. The molecule has 112 valence electrons. The molecule has 0 spiro atoms. The summed E-state index contributed by atoms with van der Waals surface area (Å²) in [5.41, 5.74) is 1.14. The van der Waals surface area contributed by atoms with Crippen LogP contribution in [0.1, 0.15) is 23.3 Å². The second-order valence-electron chi connectivity index (χ2n) is 5.30. The molecule has 0 aliphatic carbocycles. The molecule has 0 unspecified atom stereocenters. The molecule has 0 bridgehead atoms. The van der Waals surface area contributed by atoms with Gasteiger partial charge in [0.15, 0.2) is 0 Å². The minimum Gasteiger partial charge on any atom is -0.481 e. The summed E-state index contributed by atoms with van der Waals surface area (Å²) in [5.74, 6) is -0.789. The van der Waals surface area contributed by atoms with Gasteiger partial charge >= 0.3 is 5.97 Å². The Kier molecular flexibility index (Phi) is 5.84. The van der Waals surface area contributed by atoms with Crippen LogP contribution in [0.25, 0.3) is 0 Å². The van der Waals surface area contributed by atoms with E-state index in [1.807, 2.05) is 6.92 Å². The fourth-order valence-corrected chi connectivity index (χ4v) is 3.67. The number of likely N-dealkylation sites (tertiary alicyclic amines) is 1. The first-order valence-corrected chi connectivity index (χ1v) is 8.16. The largest absolute Gasteiger partial charge is 0.481 e. The zero-order valence-corrected chi connectivity index (χ0v) is 13.3. The van der Waals surface area contributed by atoms with Gasteiger partial charge in [-0.2, -0.15) is 0 Å². The van der Waals surface area contributed by atoms with E-state index in [9.17, 15) is 4.79 Å². The number of nitrogens with zero attached hydrogens (tertiary/aromatic N) is 1. The van der Waals surface area contributed by atoms with Crippen molar-refractivity contribution in [2.24, 2.45) is 5.92 Å². The molecule has 0 aromatic carbocycles. The number of aryl methyl sites for hydroxylation is 1. The summed E-state index contributed by atoms with van der Waals surface area (Å²) in [5, 5.41) is 12.4. The van der Waals surface area contributed by atoms with Crippen LogP contribution in [0, 0.1) is 12.8 Å². The monoisotopic (exact) mass is 316 g/mol. The van der Waals surface area contributed by atoms with E-state index in [0.717, 1.165) is 55.5 Å². The summed E-state index contributed by atoms with van der Waals surface area (Å²) < 4.78 is 0.873. The van der Waals surface area contributed by atoms with Gasteiger partial charge in [-0.15, -0.1) is 11.3 Å². The van der Waals surface area contributed by atoms with Crippen LogP contribution in [-0.4, -0.2) is 42.2 Å². The molecule has 1 fully saturated rings. The zero-order chi connectivity index (χ0) is 14.5. The summed E-state index contributed by atoms with van der Waals surface area (Å²) in [6.45, 7) is 6.56. The highest BCUT2D eigenvalue weighted by Crippen LogP contribution is 2.26. The number of halogens is 1. The number of hydrogen-bond donors (Lipinski definition) is 2. The van der Waals surface area contributed by atoms with Gasteiger partial charge in [-0.05, 0) is 44.5 Å². The molecular weight excluding hydrogens is 296 g/mol. The Morgan fingerprint density at radius 1 is 1.55 bits per heavy atom. The smallest absolute Gasteiger partial charge is 0.306 e. The number of aliphatic carboxylic acids is 1. The van der Waals surface area contributed by atoms with Gasteiger partial charge in [-0.25, -0.2) is 0 Å². The number of thiophene rings is 1. The molecule has 0 amide bonds. The van der Waals surface area contributed by atoms with E-state index < -0.39 is 5.97 Å². The number of carboxylic acids is 1. The van der Waals surface area contributed by atoms with Crippen molar-refractivity contribution in [1.29, 1.82) is 0 Å². The number of carbonyl (C=O) groups is 1. The quantitative estimate of drug-likeness (QED) is 0.792. The van der Waals surface area contributed by atoms with Crippen molar-refractivity contribution >= 4 is 28.9 Å². The van der Waals surface area contributed by atoms with Crippen LogP contribution < -0.4 is 5.32 Å². The fourth-order valence-electron chi connectivity index (χ4n) is 2.46. The number of rotatable bonds is 6. The lowest BCUT2D eigenvalue weighted by molar-refractivity contribution is -0.143. The maximum absolute atomic E-state index is 10.9. The van der Waals surface area contributed by atoms with Crippen molar-refractivity contribution in [1.82, 2.24) is 10.2 Å². The second kappa shape index (κ2) is 7.41. The van der Waals surface area contributed by atoms with Gasteiger partial charge in [0.25, 0.3) is 0 Å². The second-order valence-corrected chi connectivity index (χ2v) is 7.04. The highest BCUT2D eigenvalue weighted by atomic mass is 35.5. The maximum atomic E-state index is 10.9. The SMILES string of the molecule is Cc1cc(CNCCN2CCC(C(=O)O)CC2)sc1Cl. The van der Waals surface area contributed by atoms with Crippen LogP contribution in [-0.2, 0) is 11.3 Å². The molecule has 20 heavy (non-hydrogen) atoms. The van der Waals surface area contributed by atoms with Crippen molar-refractivity contribution in [2.75, 3.05) is 26.2 Å². The molecule has 4 nitrogen and oxygen atoms in total. The molecule has 0 radical (unpaired) electrons. The molecule has 1 aliphatic heterocycles. The summed E-state index contributed by atoms with van der Waals surface area (Å²) in [6.07, 6.45) is 1.55. The molecule has 1 aromatic rings. The molecule has 2 rings (SSSR count). The third-order valence-electron chi connectivity index (χ3n) is 3.75. The van der Waals surface area contributed by atoms with E-state index >= 15 is 0 Å². The lowest BCUT2D eigenvalue weighted by Gasteiger charge is -2.29. The normalized spacial score (nSPS) is 17.5. The molecule has 0 saturated carbocycles. The van der Waals surface area contributed by atoms with E-state index in [0.29, 0.717) is 0 Å². The summed E-state index contributed by atoms with van der Waals surface area (Å²) in [7, 11) is 0. The summed E-state index contributed by atoms with van der Waals surface area (Å²) in [6, 6.07) is 2.12. The highest BCUT2D eigenvalue weighted by molar-refractivity contribution is 7.16. The Hall–Kier alpha value is -0.620. The van der Waals surface area contributed by atoms with Gasteiger partial charge in [-0.1, -0.05) is 11.6 Å². The maximum Gasteiger partial charge on any atom is 0.306 e. The summed E-state index contributed by atoms with van der Waals surface area (Å²) in [4.78, 5) is 14.5. The van der Waals surface area contributed by atoms with Crippen molar-refractivity contribution in [3.05, 3.63) is 20.8 Å². The minimum absolute atomic E-state index is 0.143. The molecule has 1 aliphatic rings. The average molecular weight is 317 g/mol. The van der Waals surface area contributed by atoms with Crippen LogP contribution >= 0.6 is 22.9 Å². The van der Waals surface area contributed by atoms with Gasteiger partial charge in [0.05, 0.1) is 10.3 Å². The Morgan fingerprint density at radius 2 is 2.25 bits per heavy atom. The Balaban J connectivity index is 1.61. The van der Waals surface area contributed by atoms with Crippen LogP contribution in [0.5, 0.6) is 0 Å². The first kappa shape index (κ1) is 15.8. The van der Waals surface area contributed by atoms with Crippen molar-refractivity contribution < 1.29 is 9.90 Å². The predicted octanol–water partition coefficient (Wildman–Crippen LogP) is 2.60. The number of carboxylic acid groups (broad SMARTS) is 1. The molecular formula is C14H21ClN2O2S. The lowest BCUT2D eigenvalue weighted by atomic mass is 9.97. The van der Waals surface area contributed by atoms with Crippen molar-refractivity contribution in [3.63, 3.8) is 0 Å². The van der Waals surface area contributed by atoms with Crippen LogP contribution in [0.3, 0.4) is 0 Å². The molecule has 6 heteroatoms. The first-order chi connectivity index (χ1) is 9.56. The van der Waals surface area contributed by atoms with Crippen LogP contribution in [0.2, 0.25) is 4.34 Å². The van der Waals surface area contributed by atoms with Gasteiger partial charge in [0.2, 0.25) is 0 Å². The Bertz CT molecular complexity index is 437. The van der Waals surface area contributed by atoms with Crippen molar-refractivity contribution in [2.45, 2.75) is 26.3 Å². The summed E-state index contributed by atoms with van der Waals surface area (Å²) >= 11 is 7.67. The van der Waals surface area contributed by atoms with Crippen LogP contribution in [0.4, 0.5) is 0 Å². The molecule has 1 aromatic heterocycles. The zero-order valence-electron chi connectivity index (χ0n) is 11.7. The van der Waals surface area contributed by atoms with E-state index in [1.54, 1.807) is 11.3 Å². The average Bonchev–Trinajstić information content (AvgIpc) is 2.74. The highest BCUT2D eigenvalue weighted by Gasteiger charge is 2.23. The van der Waals surface area contributed by atoms with E-state index in [-0.39, 0.29) is 5.92 Å². The lowest BCUT2D eigenvalue weighted by Crippen LogP contribution is -2.39. The van der Waals surface area contributed by atoms with Crippen molar-refractivity contribution in [3.8, 4) is 0 Å². The number of piperidine rings is 1.